The van der Waals surface area contributed by atoms with Crippen molar-refractivity contribution in [1.82, 2.24) is 10.2 Å². The highest BCUT2D eigenvalue weighted by atomic mass is 16.2. The number of nitrogens with one attached hydrogen (secondary N) is 1. The summed E-state index contributed by atoms with van der Waals surface area (Å²) in [4.78, 5) is 2.80. The van der Waals surface area contributed by atoms with Crippen LogP contribution in [0.15, 0.2) is 0 Å². The van der Waals surface area contributed by atoms with Gasteiger partial charge in [-0.3, -0.25) is 4.90 Å². The largest absolute Gasteiger partial charge is 0.396 e. The van der Waals surface area contributed by atoms with Gasteiger partial charge in [-0.1, -0.05) is 32.1 Å². The van der Waals surface area contributed by atoms with Crippen LogP contribution in [0.1, 0.15) is 77.0 Å². The summed E-state index contributed by atoms with van der Waals surface area (Å²) in [6, 6.07) is 2.33. The number of likely N-dealkylation sites (tertiary alicyclic amines) is 1. The Morgan fingerprint density at radius 1 is 0.864 bits per heavy atom. The molecule has 1 aliphatic heterocycles. The van der Waals surface area contributed by atoms with Gasteiger partial charge in [0.2, 0.25) is 0 Å². The molecular weight excluding hydrogens is 272 g/mol. The van der Waals surface area contributed by atoms with Gasteiger partial charge in [-0.25, -0.2) is 0 Å². The molecule has 0 bridgehead atoms. The van der Waals surface area contributed by atoms with Crippen molar-refractivity contribution in [1.29, 1.82) is 0 Å². The molecule has 22 heavy (non-hydrogen) atoms. The summed E-state index contributed by atoms with van der Waals surface area (Å²) < 4.78 is 0. The Balaban J connectivity index is 1.55. The second-order valence-electron chi connectivity index (χ2n) is 8.06. The molecule has 2 unspecified atom stereocenters. The van der Waals surface area contributed by atoms with E-state index in [-0.39, 0.29) is 0 Å². The van der Waals surface area contributed by atoms with Crippen LogP contribution in [-0.2, 0) is 0 Å². The Bertz CT molecular complexity index is 311. The lowest BCUT2D eigenvalue weighted by Gasteiger charge is -2.43. The predicted molar refractivity (Wildman–Crippen MR) is 92.1 cm³/mol. The van der Waals surface area contributed by atoms with Gasteiger partial charge in [0.1, 0.15) is 0 Å². The molecule has 0 amide bonds. The van der Waals surface area contributed by atoms with E-state index in [4.69, 9.17) is 0 Å². The molecule has 0 spiro atoms. The molecular formula is C19H36N2O. The Morgan fingerprint density at radius 2 is 1.59 bits per heavy atom. The van der Waals surface area contributed by atoms with Crippen molar-refractivity contribution in [2.24, 2.45) is 5.92 Å². The van der Waals surface area contributed by atoms with Crippen molar-refractivity contribution < 1.29 is 5.11 Å². The zero-order chi connectivity index (χ0) is 15.2. The second kappa shape index (κ2) is 8.65. The average molecular weight is 309 g/mol. The van der Waals surface area contributed by atoms with E-state index in [9.17, 15) is 5.11 Å². The monoisotopic (exact) mass is 308 g/mol. The van der Waals surface area contributed by atoms with Crippen LogP contribution >= 0.6 is 0 Å². The highest BCUT2D eigenvalue weighted by Crippen LogP contribution is 2.30. The third-order valence-electron chi connectivity index (χ3n) is 6.25. The van der Waals surface area contributed by atoms with Gasteiger partial charge in [0.25, 0.3) is 0 Å². The van der Waals surface area contributed by atoms with Crippen molar-refractivity contribution in [3.63, 3.8) is 0 Å². The summed E-state index contributed by atoms with van der Waals surface area (Å²) in [5.74, 6) is 0.794. The second-order valence-corrected chi connectivity index (χ2v) is 8.06. The van der Waals surface area contributed by atoms with Crippen LogP contribution in [0.4, 0.5) is 0 Å². The van der Waals surface area contributed by atoms with Gasteiger partial charge in [0, 0.05) is 37.8 Å². The van der Waals surface area contributed by atoms with Crippen LogP contribution in [0, 0.1) is 5.92 Å². The smallest absolute Gasteiger partial charge is 0.0431 e. The minimum Gasteiger partial charge on any atom is -0.396 e. The fourth-order valence-corrected chi connectivity index (χ4v) is 5.12. The minimum atomic E-state index is 0.362. The number of hydrogen-bond acceptors (Lipinski definition) is 3. The van der Waals surface area contributed by atoms with E-state index in [1.54, 1.807) is 0 Å². The van der Waals surface area contributed by atoms with Gasteiger partial charge in [0.05, 0.1) is 0 Å². The van der Waals surface area contributed by atoms with Crippen molar-refractivity contribution in [3.8, 4) is 0 Å². The van der Waals surface area contributed by atoms with Crippen LogP contribution < -0.4 is 5.32 Å². The van der Waals surface area contributed by atoms with Gasteiger partial charge >= 0.3 is 0 Å². The lowest BCUT2D eigenvalue weighted by molar-refractivity contribution is 0.0853. The van der Waals surface area contributed by atoms with Gasteiger partial charge in [0.15, 0.2) is 0 Å². The fraction of sp³-hybridized carbons (Fsp3) is 1.00. The maximum Gasteiger partial charge on any atom is 0.0431 e. The fourth-order valence-electron chi connectivity index (χ4n) is 5.12. The summed E-state index contributed by atoms with van der Waals surface area (Å²) in [5, 5.41) is 13.2. The quantitative estimate of drug-likeness (QED) is 0.790. The first-order valence-corrected chi connectivity index (χ1v) is 9.96. The van der Waals surface area contributed by atoms with Crippen LogP contribution in [0.5, 0.6) is 0 Å². The molecule has 3 heteroatoms. The molecule has 3 nitrogen and oxygen atoms in total. The van der Waals surface area contributed by atoms with Gasteiger partial charge in [-0.15, -0.1) is 0 Å². The Morgan fingerprint density at radius 3 is 2.32 bits per heavy atom. The molecule has 2 atom stereocenters. The molecule has 3 aliphatic rings. The molecule has 1 saturated heterocycles. The lowest BCUT2D eigenvalue weighted by Crippen LogP contribution is -2.54. The van der Waals surface area contributed by atoms with Gasteiger partial charge in [-0.2, -0.15) is 0 Å². The van der Waals surface area contributed by atoms with E-state index < -0.39 is 0 Å². The molecule has 0 aromatic carbocycles. The predicted octanol–water partition coefficient (Wildman–Crippen LogP) is 3.31. The van der Waals surface area contributed by atoms with Crippen molar-refractivity contribution in [2.45, 2.75) is 95.2 Å². The summed E-state index contributed by atoms with van der Waals surface area (Å²) in [5.41, 5.74) is 0. The summed E-state index contributed by atoms with van der Waals surface area (Å²) in [6.07, 6.45) is 16.3. The maximum atomic E-state index is 9.17. The molecule has 3 fully saturated rings. The topological polar surface area (TPSA) is 35.5 Å². The first-order valence-electron chi connectivity index (χ1n) is 9.96. The number of rotatable bonds is 6. The van der Waals surface area contributed by atoms with E-state index in [1.165, 1.54) is 83.7 Å². The third-order valence-corrected chi connectivity index (χ3v) is 6.25. The zero-order valence-corrected chi connectivity index (χ0v) is 14.3. The van der Waals surface area contributed by atoms with Crippen LogP contribution in [-0.4, -0.2) is 47.8 Å². The minimum absolute atomic E-state index is 0.362. The number of aliphatic hydroxyl groups is 1. The summed E-state index contributed by atoms with van der Waals surface area (Å²) in [6.45, 7) is 2.92. The zero-order valence-electron chi connectivity index (χ0n) is 14.3. The Hall–Kier alpha value is -0.120. The standard InChI is InChI=1S/C19H36N2O/c22-12-6-7-16-13-18(20-17-8-2-1-3-9-17)15-21(14-16)19-10-4-5-11-19/h16-20,22H,1-15H2. The first-order chi connectivity index (χ1) is 10.8. The van der Waals surface area contributed by atoms with E-state index >= 15 is 0 Å². The number of piperidine rings is 1. The van der Waals surface area contributed by atoms with Crippen LogP contribution in [0.2, 0.25) is 0 Å². The Labute approximate surface area is 136 Å². The lowest BCUT2D eigenvalue weighted by atomic mass is 9.87. The van der Waals surface area contributed by atoms with Crippen LogP contribution in [0.3, 0.4) is 0 Å². The molecule has 0 radical (unpaired) electrons. The van der Waals surface area contributed by atoms with E-state index in [0.29, 0.717) is 12.6 Å². The highest BCUT2D eigenvalue weighted by molar-refractivity contribution is 4.90. The van der Waals surface area contributed by atoms with Gasteiger partial charge in [-0.05, 0) is 50.9 Å². The molecule has 2 aliphatic carbocycles. The summed E-state index contributed by atoms with van der Waals surface area (Å²) in [7, 11) is 0. The molecule has 1 heterocycles. The van der Waals surface area contributed by atoms with E-state index in [0.717, 1.165) is 24.4 Å². The van der Waals surface area contributed by atoms with Crippen LogP contribution in [0.25, 0.3) is 0 Å². The molecule has 3 rings (SSSR count). The molecule has 2 saturated carbocycles. The highest BCUT2D eigenvalue weighted by Gasteiger charge is 2.33. The first kappa shape index (κ1) is 16.7. The molecule has 0 aromatic rings. The third kappa shape index (κ3) is 4.69. The average Bonchev–Trinajstić information content (AvgIpc) is 3.08. The number of hydrogen-bond donors (Lipinski definition) is 2. The SMILES string of the molecule is OCCCC1CC(NC2CCCCC2)CN(C2CCCC2)C1. The number of nitrogens with zero attached hydrogens (tertiary/aromatic N) is 1. The number of aliphatic hydroxyl groups excluding tert-OH is 1. The summed E-state index contributed by atoms with van der Waals surface area (Å²) >= 11 is 0. The van der Waals surface area contributed by atoms with Crippen molar-refractivity contribution in [2.75, 3.05) is 19.7 Å². The van der Waals surface area contributed by atoms with Crippen molar-refractivity contribution in [3.05, 3.63) is 0 Å². The van der Waals surface area contributed by atoms with E-state index in [2.05, 4.69) is 10.2 Å². The van der Waals surface area contributed by atoms with E-state index in [1.807, 2.05) is 0 Å². The van der Waals surface area contributed by atoms with Crippen molar-refractivity contribution >= 4 is 0 Å². The molecule has 0 aromatic heterocycles. The molecule has 128 valence electrons. The Kier molecular flexibility index (Phi) is 6.58. The van der Waals surface area contributed by atoms with Gasteiger partial charge < -0.3 is 10.4 Å². The molecule has 2 N–H and O–H groups in total. The normalized spacial score (nSPS) is 32.6. The maximum absolute atomic E-state index is 9.17.